The second kappa shape index (κ2) is 5.07. The molecule has 0 saturated carbocycles. The molecule has 1 aromatic heterocycles. The summed E-state index contributed by atoms with van der Waals surface area (Å²) >= 11 is 1.81. The number of thioether (sulfide) groups is 1. The highest BCUT2D eigenvalue weighted by Crippen LogP contribution is 2.20. The van der Waals surface area contributed by atoms with Gasteiger partial charge in [-0.15, -0.1) is 11.8 Å². The van der Waals surface area contributed by atoms with Crippen LogP contribution in [0.4, 0.5) is 5.69 Å². The van der Waals surface area contributed by atoms with E-state index in [9.17, 15) is 0 Å². The zero-order chi connectivity index (χ0) is 11.4. The molecule has 4 heteroatoms. The largest absolute Gasteiger partial charge is 0.399 e. The number of benzene rings is 1. The van der Waals surface area contributed by atoms with Crippen molar-refractivity contribution >= 4 is 17.4 Å². The van der Waals surface area contributed by atoms with Gasteiger partial charge in [0.1, 0.15) is 5.82 Å². The molecule has 0 spiro atoms. The average molecular weight is 233 g/mol. The summed E-state index contributed by atoms with van der Waals surface area (Å²) in [6.45, 7) is 3.00. The molecule has 0 aliphatic heterocycles. The summed E-state index contributed by atoms with van der Waals surface area (Å²) in [7, 11) is 0. The minimum absolute atomic E-state index is 0.823. The molecule has 1 aromatic carbocycles. The molecule has 1 heterocycles. The zero-order valence-electron chi connectivity index (χ0n) is 9.26. The Hall–Kier alpha value is -1.42. The van der Waals surface area contributed by atoms with Crippen molar-refractivity contribution in [1.29, 1.82) is 0 Å². The molecular weight excluding hydrogens is 218 g/mol. The van der Waals surface area contributed by atoms with Gasteiger partial charge in [-0.25, -0.2) is 4.98 Å². The molecule has 0 aliphatic carbocycles. The molecule has 3 nitrogen and oxygen atoms in total. The van der Waals surface area contributed by atoms with E-state index >= 15 is 0 Å². The van der Waals surface area contributed by atoms with Crippen molar-refractivity contribution < 1.29 is 0 Å². The van der Waals surface area contributed by atoms with E-state index in [2.05, 4.69) is 15.6 Å². The van der Waals surface area contributed by atoms with Gasteiger partial charge in [-0.3, -0.25) is 0 Å². The summed E-state index contributed by atoms with van der Waals surface area (Å²) in [5.74, 6) is 2.09. The number of anilines is 1. The molecule has 2 aromatic rings. The lowest BCUT2D eigenvalue weighted by atomic mass is 10.3. The molecular formula is C12H15N3S. The third-order valence-corrected chi connectivity index (χ3v) is 3.36. The van der Waals surface area contributed by atoms with Crippen LogP contribution in [0.3, 0.4) is 0 Å². The van der Waals surface area contributed by atoms with E-state index in [1.807, 2.05) is 49.3 Å². The number of aryl methyl sites for hydroxylation is 2. The SMILES string of the molecule is Cc1nccn1CCSc1cccc(N)c1. The van der Waals surface area contributed by atoms with E-state index in [1.165, 1.54) is 4.90 Å². The van der Waals surface area contributed by atoms with Crippen LogP contribution in [0.15, 0.2) is 41.6 Å². The topological polar surface area (TPSA) is 43.8 Å². The van der Waals surface area contributed by atoms with Crippen molar-refractivity contribution in [2.75, 3.05) is 11.5 Å². The van der Waals surface area contributed by atoms with E-state index in [0.29, 0.717) is 0 Å². The molecule has 2 rings (SSSR count). The van der Waals surface area contributed by atoms with Crippen LogP contribution < -0.4 is 5.73 Å². The van der Waals surface area contributed by atoms with Crippen LogP contribution in [-0.2, 0) is 6.54 Å². The maximum Gasteiger partial charge on any atom is 0.105 e. The standard InChI is InChI=1S/C12H15N3S/c1-10-14-5-6-15(10)7-8-16-12-4-2-3-11(13)9-12/h2-6,9H,7-8,13H2,1H3. The lowest BCUT2D eigenvalue weighted by Crippen LogP contribution is -2.01. The van der Waals surface area contributed by atoms with E-state index in [-0.39, 0.29) is 0 Å². The summed E-state index contributed by atoms with van der Waals surface area (Å²) in [5, 5.41) is 0. The molecule has 0 bridgehead atoms. The Morgan fingerprint density at radius 3 is 3.00 bits per heavy atom. The number of imidazole rings is 1. The van der Waals surface area contributed by atoms with Gasteiger partial charge in [0.05, 0.1) is 0 Å². The van der Waals surface area contributed by atoms with E-state index < -0.39 is 0 Å². The first-order chi connectivity index (χ1) is 7.75. The van der Waals surface area contributed by atoms with Crippen molar-refractivity contribution in [2.24, 2.45) is 0 Å². The molecule has 0 unspecified atom stereocenters. The minimum Gasteiger partial charge on any atom is -0.399 e. The van der Waals surface area contributed by atoms with Gasteiger partial charge in [-0.1, -0.05) is 6.07 Å². The third kappa shape index (κ3) is 2.79. The van der Waals surface area contributed by atoms with Crippen molar-refractivity contribution in [3.8, 4) is 0 Å². The van der Waals surface area contributed by atoms with E-state index in [0.717, 1.165) is 23.8 Å². The van der Waals surface area contributed by atoms with Gasteiger partial charge in [0.25, 0.3) is 0 Å². The highest BCUT2D eigenvalue weighted by Gasteiger charge is 1.98. The molecule has 84 valence electrons. The predicted octanol–water partition coefficient (Wildman–Crippen LogP) is 2.57. The van der Waals surface area contributed by atoms with Gasteiger partial charge >= 0.3 is 0 Å². The number of nitrogen functional groups attached to an aromatic ring is 1. The molecule has 0 fully saturated rings. The van der Waals surface area contributed by atoms with Crippen LogP contribution in [0.1, 0.15) is 5.82 Å². The fraction of sp³-hybridized carbons (Fsp3) is 0.250. The van der Waals surface area contributed by atoms with Crippen molar-refractivity contribution in [3.05, 3.63) is 42.5 Å². The zero-order valence-corrected chi connectivity index (χ0v) is 10.1. The highest BCUT2D eigenvalue weighted by atomic mass is 32.2. The molecule has 2 N–H and O–H groups in total. The maximum atomic E-state index is 5.72. The number of aromatic nitrogens is 2. The Kier molecular flexibility index (Phi) is 3.51. The van der Waals surface area contributed by atoms with E-state index in [4.69, 9.17) is 5.73 Å². The van der Waals surface area contributed by atoms with Crippen LogP contribution in [0.5, 0.6) is 0 Å². The van der Waals surface area contributed by atoms with Gasteiger partial charge in [0.2, 0.25) is 0 Å². The highest BCUT2D eigenvalue weighted by molar-refractivity contribution is 7.99. The van der Waals surface area contributed by atoms with Crippen LogP contribution in [0, 0.1) is 6.92 Å². The molecule has 0 radical (unpaired) electrons. The second-order valence-electron chi connectivity index (χ2n) is 3.59. The summed E-state index contributed by atoms with van der Waals surface area (Å²) in [6.07, 6.45) is 3.84. The van der Waals surface area contributed by atoms with Gasteiger partial charge in [-0.2, -0.15) is 0 Å². The quantitative estimate of drug-likeness (QED) is 0.652. The monoisotopic (exact) mass is 233 g/mol. The van der Waals surface area contributed by atoms with Crippen molar-refractivity contribution in [1.82, 2.24) is 9.55 Å². The Balaban J connectivity index is 1.87. The fourth-order valence-corrected chi connectivity index (χ4v) is 2.42. The third-order valence-electron chi connectivity index (χ3n) is 2.38. The van der Waals surface area contributed by atoms with Crippen LogP contribution >= 0.6 is 11.8 Å². The second-order valence-corrected chi connectivity index (χ2v) is 4.76. The Morgan fingerprint density at radius 2 is 2.31 bits per heavy atom. The molecule has 16 heavy (non-hydrogen) atoms. The van der Waals surface area contributed by atoms with Gasteiger partial charge in [-0.05, 0) is 25.1 Å². The Bertz CT molecular complexity index is 465. The Morgan fingerprint density at radius 1 is 1.44 bits per heavy atom. The fourth-order valence-electron chi connectivity index (χ4n) is 1.51. The molecule has 0 amide bonds. The molecule has 0 atom stereocenters. The van der Waals surface area contributed by atoms with Gasteiger partial charge < -0.3 is 10.3 Å². The lowest BCUT2D eigenvalue weighted by molar-refractivity contribution is 0.738. The summed E-state index contributed by atoms with van der Waals surface area (Å²) in [6, 6.07) is 7.98. The first-order valence-electron chi connectivity index (χ1n) is 5.22. The van der Waals surface area contributed by atoms with Crippen molar-refractivity contribution in [2.45, 2.75) is 18.4 Å². The summed E-state index contributed by atoms with van der Waals surface area (Å²) in [5.41, 5.74) is 6.54. The number of hydrogen-bond acceptors (Lipinski definition) is 3. The number of rotatable bonds is 4. The average Bonchev–Trinajstić information content (AvgIpc) is 2.65. The minimum atomic E-state index is 0.823. The predicted molar refractivity (Wildman–Crippen MR) is 68.5 cm³/mol. The van der Waals surface area contributed by atoms with Gasteiger partial charge in [0.15, 0.2) is 0 Å². The number of nitrogens with two attached hydrogens (primary N) is 1. The summed E-state index contributed by atoms with van der Waals surface area (Å²) in [4.78, 5) is 5.41. The van der Waals surface area contributed by atoms with Crippen LogP contribution in [-0.4, -0.2) is 15.3 Å². The normalized spacial score (nSPS) is 10.6. The lowest BCUT2D eigenvalue weighted by Gasteiger charge is -2.05. The number of nitrogens with zero attached hydrogens (tertiary/aromatic N) is 2. The summed E-state index contributed by atoms with van der Waals surface area (Å²) < 4.78 is 2.15. The molecule has 0 saturated heterocycles. The van der Waals surface area contributed by atoms with Gasteiger partial charge in [0, 0.05) is 35.3 Å². The number of hydrogen-bond donors (Lipinski definition) is 1. The first kappa shape index (κ1) is 11.1. The smallest absolute Gasteiger partial charge is 0.105 e. The van der Waals surface area contributed by atoms with E-state index in [1.54, 1.807) is 0 Å². The maximum absolute atomic E-state index is 5.72. The molecule has 0 aliphatic rings. The van der Waals surface area contributed by atoms with Crippen molar-refractivity contribution in [3.63, 3.8) is 0 Å². The van der Waals surface area contributed by atoms with Crippen LogP contribution in [0.2, 0.25) is 0 Å². The first-order valence-corrected chi connectivity index (χ1v) is 6.20. The van der Waals surface area contributed by atoms with Crippen LogP contribution in [0.25, 0.3) is 0 Å². The Labute approximate surface area is 99.7 Å².